The number of ether oxygens (including phenoxy) is 1. The van der Waals surface area contributed by atoms with Gasteiger partial charge in [-0.1, -0.05) is 58.8 Å². The summed E-state index contributed by atoms with van der Waals surface area (Å²) in [4.78, 5) is 12.6. The van der Waals surface area contributed by atoms with Crippen LogP contribution in [0.2, 0.25) is 5.02 Å². The fourth-order valence-electron chi connectivity index (χ4n) is 2.91. The van der Waals surface area contributed by atoms with E-state index in [1.54, 1.807) is 10.7 Å². The number of para-hydroxylation sites is 1. The van der Waals surface area contributed by atoms with Gasteiger partial charge in [-0.3, -0.25) is 0 Å². The van der Waals surface area contributed by atoms with E-state index in [9.17, 15) is 4.79 Å². The predicted octanol–water partition coefficient (Wildman–Crippen LogP) is 6.26. The zero-order chi connectivity index (χ0) is 22.0. The highest BCUT2D eigenvalue weighted by molar-refractivity contribution is 9.10. The molecule has 10 heteroatoms. The van der Waals surface area contributed by atoms with Gasteiger partial charge in [0.05, 0.1) is 15.2 Å². The molecule has 0 saturated carbocycles. The highest BCUT2D eigenvalue weighted by atomic mass is 79.9. The molecule has 158 valence electrons. The molecule has 0 radical (unpaired) electrons. The second-order valence-electron chi connectivity index (χ2n) is 6.49. The summed E-state index contributed by atoms with van der Waals surface area (Å²) >= 11 is 12.8. The Kier molecular flexibility index (Phi) is 6.76. The van der Waals surface area contributed by atoms with Crippen molar-refractivity contribution in [3.63, 3.8) is 0 Å². The molecule has 0 aliphatic carbocycles. The number of nitrogens with zero attached hydrogens (tertiary/aromatic N) is 4. The fourth-order valence-corrected chi connectivity index (χ4v) is 4.95. The van der Waals surface area contributed by atoms with Gasteiger partial charge in [0.15, 0.2) is 10.7 Å². The predicted molar refractivity (Wildman–Crippen MR) is 129 cm³/mol. The van der Waals surface area contributed by atoms with Crippen molar-refractivity contribution >= 4 is 56.6 Å². The van der Waals surface area contributed by atoms with Crippen molar-refractivity contribution in [1.29, 1.82) is 0 Å². The fraction of sp³-hybridized carbons (Fsp3) is 0.143. The van der Waals surface area contributed by atoms with Crippen molar-refractivity contribution in [3.05, 3.63) is 69.3 Å². The number of aryl methyl sites for hydroxylation is 1. The van der Waals surface area contributed by atoms with Gasteiger partial charge < -0.3 is 4.74 Å². The Labute approximate surface area is 200 Å². The van der Waals surface area contributed by atoms with Crippen molar-refractivity contribution in [2.75, 3.05) is 12.2 Å². The molecule has 0 unspecified atom stereocenters. The van der Waals surface area contributed by atoms with Crippen LogP contribution in [0.4, 0.5) is 0 Å². The number of rotatable bonds is 6. The number of carbonyl (C=O) groups is 1. The van der Waals surface area contributed by atoms with E-state index in [1.807, 2.05) is 49.6 Å². The Morgan fingerprint density at radius 3 is 2.71 bits per heavy atom. The molecule has 2 aromatic carbocycles. The summed E-state index contributed by atoms with van der Waals surface area (Å²) in [7, 11) is 0. The number of halogens is 2. The monoisotopic (exact) mass is 534 g/mol. The third-order valence-electron chi connectivity index (χ3n) is 4.30. The van der Waals surface area contributed by atoms with E-state index in [2.05, 4.69) is 37.3 Å². The van der Waals surface area contributed by atoms with Crippen molar-refractivity contribution in [3.8, 4) is 27.0 Å². The summed E-state index contributed by atoms with van der Waals surface area (Å²) < 4.78 is 7.35. The van der Waals surface area contributed by atoms with E-state index in [4.69, 9.17) is 16.3 Å². The lowest BCUT2D eigenvalue weighted by Gasteiger charge is -2.07. The molecule has 0 fully saturated rings. The minimum atomic E-state index is -0.531. The summed E-state index contributed by atoms with van der Waals surface area (Å²) in [6.07, 6.45) is 1.85. The molecule has 2 heterocycles. The first-order chi connectivity index (χ1) is 15.0. The molecule has 0 atom stereocenters. The minimum Gasteiger partial charge on any atom is -0.450 e. The van der Waals surface area contributed by atoms with E-state index in [-0.39, 0.29) is 11.6 Å². The van der Waals surface area contributed by atoms with Crippen LogP contribution in [0.5, 0.6) is 0 Å². The van der Waals surface area contributed by atoms with Gasteiger partial charge in [-0.2, -0.15) is 5.10 Å². The van der Waals surface area contributed by atoms with Gasteiger partial charge >= 0.3 is 5.97 Å². The zero-order valence-corrected chi connectivity index (χ0v) is 20.5. The molecule has 0 aliphatic rings. The van der Waals surface area contributed by atoms with Gasteiger partial charge in [0, 0.05) is 5.56 Å². The summed E-state index contributed by atoms with van der Waals surface area (Å²) in [5.41, 5.74) is 3.46. The summed E-state index contributed by atoms with van der Waals surface area (Å²) in [6.45, 7) is 2.03. The number of benzene rings is 2. The average molecular weight is 536 g/mol. The standard InChI is InChI=1S/C21H16BrClN4O2S2/c1-12-6-5-7-13(10-12)19-24-25-20(31-19)18-16(22)17(21(28)29-11-30-2)26-27(18)15-9-4-3-8-14(15)23/h3-10H,11H2,1-2H3. The molecule has 0 saturated heterocycles. The van der Waals surface area contributed by atoms with E-state index in [1.165, 1.54) is 23.1 Å². The maximum absolute atomic E-state index is 12.6. The van der Waals surface area contributed by atoms with E-state index in [0.29, 0.717) is 25.9 Å². The highest BCUT2D eigenvalue weighted by Crippen LogP contribution is 2.38. The molecule has 0 amide bonds. The minimum absolute atomic E-state index is 0.149. The molecule has 2 aromatic heterocycles. The van der Waals surface area contributed by atoms with Crippen molar-refractivity contribution in [1.82, 2.24) is 20.0 Å². The quantitative estimate of drug-likeness (QED) is 0.214. The van der Waals surface area contributed by atoms with Crippen LogP contribution in [0.1, 0.15) is 16.1 Å². The molecule has 0 spiro atoms. The molecule has 4 aromatic rings. The first-order valence-corrected chi connectivity index (χ1v) is 12.5. The van der Waals surface area contributed by atoms with Crippen molar-refractivity contribution in [2.24, 2.45) is 0 Å². The van der Waals surface area contributed by atoms with Crippen LogP contribution in [0.25, 0.3) is 27.0 Å². The Hall–Kier alpha value is -2.20. The molecule has 0 bridgehead atoms. The van der Waals surface area contributed by atoms with Gasteiger partial charge in [-0.25, -0.2) is 9.48 Å². The van der Waals surface area contributed by atoms with Gasteiger partial charge in [0.2, 0.25) is 0 Å². The average Bonchev–Trinajstić information content (AvgIpc) is 3.37. The molecule has 31 heavy (non-hydrogen) atoms. The van der Waals surface area contributed by atoms with Crippen LogP contribution in [0.3, 0.4) is 0 Å². The molecular formula is C21H16BrClN4O2S2. The number of hydrogen-bond acceptors (Lipinski definition) is 7. The Balaban J connectivity index is 1.86. The number of esters is 1. The lowest BCUT2D eigenvalue weighted by atomic mass is 10.1. The summed E-state index contributed by atoms with van der Waals surface area (Å²) in [6, 6.07) is 15.3. The molecule has 0 aliphatic heterocycles. The first kappa shape index (κ1) is 22.0. The van der Waals surface area contributed by atoms with Crippen LogP contribution in [0, 0.1) is 6.92 Å². The first-order valence-electron chi connectivity index (χ1n) is 9.10. The maximum Gasteiger partial charge on any atom is 0.360 e. The van der Waals surface area contributed by atoms with Gasteiger partial charge in [0.25, 0.3) is 0 Å². The SMILES string of the molecule is CSCOC(=O)c1nn(-c2ccccc2Cl)c(-c2nnc(-c3cccc(C)c3)s2)c1Br. The van der Waals surface area contributed by atoms with Gasteiger partial charge in [-0.05, 0) is 47.3 Å². The zero-order valence-electron chi connectivity index (χ0n) is 16.5. The topological polar surface area (TPSA) is 69.9 Å². The number of aromatic nitrogens is 4. The van der Waals surface area contributed by atoms with Crippen LogP contribution < -0.4 is 0 Å². The molecule has 4 rings (SSSR count). The highest BCUT2D eigenvalue weighted by Gasteiger charge is 2.27. The molecule has 6 nitrogen and oxygen atoms in total. The van der Waals surface area contributed by atoms with Crippen LogP contribution in [-0.2, 0) is 4.74 Å². The molecular weight excluding hydrogens is 520 g/mol. The number of hydrogen-bond donors (Lipinski definition) is 0. The summed E-state index contributed by atoms with van der Waals surface area (Å²) in [5, 5.41) is 15.1. The van der Waals surface area contributed by atoms with E-state index < -0.39 is 5.97 Å². The Morgan fingerprint density at radius 2 is 1.97 bits per heavy atom. The maximum atomic E-state index is 12.6. The largest absolute Gasteiger partial charge is 0.450 e. The van der Waals surface area contributed by atoms with E-state index in [0.717, 1.165) is 16.1 Å². The lowest BCUT2D eigenvalue weighted by molar-refractivity contribution is 0.0571. The van der Waals surface area contributed by atoms with Gasteiger partial charge in [0.1, 0.15) is 16.6 Å². The third-order valence-corrected chi connectivity index (χ3v) is 6.71. The second-order valence-corrected chi connectivity index (χ2v) is 9.49. The second kappa shape index (κ2) is 9.52. The lowest BCUT2D eigenvalue weighted by Crippen LogP contribution is -2.07. The normalized spacial score (nSPS) is 11.0. The van der Waals surface area contributed by atoms with E-state index >= 15 is 0 Å². The Morgan fingerprint density at radius 1 is 1.19 bits per heavy atom. The van der Waals surface area contributed by atoms with Crippen LogP contribution in [0.15, 0.2) is 53.0 Å². The van der Waals surface area contributed by atoms with Crippen molar-refractivity contribution < 1.29 is 9.53 Å². The van der Waals surface area contributed by atoms with Crippen LogP contribution >= 0.6 is 50.6 Å². The van der Waals surface area contributed by atoms with Crippen molar-refractivity contribution in [2.45, 2.75) is 6.92 Å². The summed E-state index contributed by atoms with van der Waals surface area (Å²) in [5.74, 6) is -0.299. The third kappa shape index (κ3) is 4.55. The number of thioether (sulfide) groups is 1. The number of carbonyl (C=O) groups excluding carboxylic acids is 1. The van der Waals surface area contributed by atoms with Gasteiger partial charge in [-0.15, -0.1) is 22.0 Å². The molecule has 0 N–H and O–H groups in total. The Bertz CT molecular complexity index is 1260. The van der Waals surface area contributed by atoms with Crippen LogP contribution in [-0.4, -0.2) is 38.1 Å². The smallest absolute Gasteiger partial charge is 0.360 e.